The fourth-order valence-electron chi connectivity index (χ4n) is 14.8. The summed E-state index contributed by atoms with van der Waals surface area (Å²) in [5, 5.41) is 7.89. The maximum absolute atomic E-state index is 7.19. The standard InChI is InChI=1S/C92H53N9O2S2/c1-3-19-56(20-4-1)85-95-87(98-88(96-85)69-31-18-36-79-82(69)71-52-61(43-47-77(71)102-79)59-24-16-27-64(50-59)90-93-73-32-9-13-37-80(73)104-90)63-26-15-23-58(49-63)54-39-41-55(42-40-54)66-45-46-70(83-72-53-62(44-48-78(72)103-84(66)83)60-25-17-28-65(51-60)91-94-74-33-10-14-38-81(74)105-91)89-97-86(57-21-5-2-6-22-57)99-92(100-89)101-75-34-11-7-29-67(75)68-30-8-12-35-76(68)101/h1-53H. The molecular formula is C92H53N9O2S2. The van der Waals surface area contributed by atoms with Crippen LogP contribution in [0.3, 0.4) is 0 Å². The van der Waals surface area contributed by atoms with Gasteiger partial charge >= 0.3 is 0 Å². The summed E-state index contributed by atoms with van der Waals surface area (Å²) >= 11 is 3.40. The first-order valence-corrected chi connectivity index (χ1v) is 36.3. The van der Waals surface area contributed by atoms with Gasteiger partial charge in [-0.3, -0.25) is 4.57 Å². The molecule has 0 saturated heterocycles. The lowest BCUT2D eigenvalue weighted by molar-refractivity contribution is 0.669. The van der Waals surface area contributed by atoms with Crippen LogP contribution in [0.25, 0.3) is 215 Å². The van der Waals surface area contributed by atoms with E-state index in [0.29, 0.717) is 40.7 Å². The molecule has 0 amide bonds. The van der Waals surface area contributed by atoms with E-state index in [1.807, 2.05) is 84.9 Å². The minimum Gasteiger partial charge on any atom is -0.456 e. The summed E-state index contributed by atoms with van der Waals surface area (Å²) in [6, 6.07) is 111. The van der Waals surface area contributed by atoms with E-state index in [0.717, 1.165) is 174 Å². The Kier molecular flexibility index (Phi) is 14.0. The van der Waals surface area contributed by atoms with Crippen LogP contribution >= 0.6 is 22.7 Å². The summed E-state index contributed by atoms with van der Waals surface area (Å²) in [5.74, 6) is 3.22. The molecule has 0 bridgehead atoms. The van der Waals surface area contributed by atoms with E-state index in [4.69, 9.17) is 48.7 Å². The first-order valence-electron chi connectivity index (χ1n) is 34.7. The highest BCUT2D eigenvalue weighted by Gasteiger charge is 2.25. The van der Waals surface area contributed by atoms with E-state index in [1.165, 1.54) is 0 Å². The van der Waals surface area contributed by atoms with Crippen molar-refractivity contribution in [3.05, 3.63) is 322 Å². The first-order chi connectivity index (χ1) is 52.0. The second-order valence-electron chi connectivity index (χ2n) is 26.2. The molecule has 13 heteroatoms. The van der Waals surface area contributed by atoms with Crippen LogP contribution in [-0.2, 0) is 0 Å². The molecule has 21 aromatic rings. The minimum atomic E-state index is 0.510. The van der Waals surface area contributed by atoms with Crippen molar-refractivity contribution >= 4 is 109 Å². The van der Waals surface area contributed by atoms with Gasteiger partial charge in [0.2, 0.25) is 5.95 Å². The van der Waals surface area contributed by atoms with Crippen molar-refractivity contribution in [1.29, 1.82) is 0 Å². The number of furan rings is 2. The van der Waals surface area contributed by atoms with Crippen LogP contribution < -0.4 is 0 Å². The predicted molar refractivity (Wildman–Crippen MR) is 428 cm³/mol. The fourth-order valence-corrected chi connectivity index (χ4v) is 16.7. The van der Waals surface area contributed by atoms with Gasteiger partial charge in [0.05, 0.1) is 31.5 Å². The Morgan fingerprint density at radius 3 is 1.28 bits per heavy atom. The Balaban J connectivity index is 0.676. The summed E-state index contributed by atoms with van der Waals surface area (Å²) in [7, 11) is 0. The number of benzene rings is 14. The first kappa shape index (κ1) is 60.1. The summed E-state index contributed by atoms with van der Waals surface area (Å²) in [6.07, 6.45) is 0. The van der Waals surface area contributed by atoms with Gasteiger partial charge in [-0.2, -0.15) is 9.97 Å². The molecule has 0 atom stereocenters. The quantitative estimate of drug-likeness (QED) is 0.116. The Hall–Kier alpha value is -13.7. The van der Waals surface area contributed by atoms with E-state index in [9.17, 15) is 0 Å². The van der Waals surface area contributed by atoms with Crippen LogP contribution in [0.5, 0.6) is 0 Å². The van der Waals surface area contributed by atoms with Crippen LogP contribution in [0.4, 0.5) is 0 Å². The molecule has 0 unspecified atom stereocenters. The molecule has 0 saturated carbocycles. The number of hydrogen-bond acceptors (Lipinski definition) is 12. The summed E-state index contributed by atoms with van der Waals surface area (Å²) in [5.41, 5.74) is 21.5. The molecule has 0 aliphatic heterocycles. The van der Waals surface area contributed by atoms with Crippen LogP contribution in [0.15, 0.2) is 330 Å². The number of nitrogens with zero attached hydrogens (tertiary/aromatic N) is 9. The number of hydrogen-bond donors (Lipinski definition) is 0. The molecule has 0 fully saturated rings. The van der Waals surface area contributed by atoms with Gasteiger partial charge in [0.25, 0.3) is 0 Å². The number of rotatable bonds is 12. The highest BCUT2D eigenvalue weighted by atomic mass is 32.1. The van der Waals surface area contributed by atoms with Gasteiger partial charge < -0.3 is 8.83 Å². The molecule has 490 valence electrons. The third-order valence-corrected chi connectivity index (χ3v) is 22.0. The van der Waals surface area contributed by atoms with Crippen molar-refractivity contribution < 1.29 is 8.83 Å². The van der Waals surface area contributed by atoms with Crippen molar-refractivity contribution in [2.45, 2.75) is 0 Å². The number of aromatic nitrogens is 9. The van der Waals surface area contributed by atoms with Crippen LogP contribution in [0.1, 0.15) is 0 Å². The van der Waals surface area contributed by atoms with Crippen molar-refractivity contribution in [3.63, 3.8) is 0 Å². The number of thiazole rings is 2. The van der Waals surface area contributed by atoms with Crippen molar-refractivity contribution in [3.8, 4) is 129 Å². The second kappa shape index (κ2) is 24.5. The van der Waals surface area contributed by atoms with E-state index in [1.54, 1.807) is 22.7 Å². The molecule has 14 aromatic carbocycles. The van der Waals surface area contributed by atoms with Gasteiger partial charge in [-0.05, 0) is 136 Å². The molecule has 0 spiro atoms. The highest BCUT2D eigenvalue weighted by Crippen LogP contribution is 2.46. The molecule has 0 radical (unpaired) electrons. The van der Waals surface area contributed by atoms with E-state index in [-0.39, 0.29) is 0 Å². The third-order valence-electron chi connectivity index (χ3n) is 19.8. The zero-order chi connectivity index (χ0) is 69.1. The normalized spacial score (nSPS) is 11.8. The van der Waals surface area contributed by atoms with Crippen LogP contribution in [0, 0.1) is 0 Å². The molecule has 21 rings (SSSR count). The van der Waals surface area contributed by atoms with Crippen molar-refractivity contribution in [2.24, 2.45) is 0 Å². The Labute approximate surface area is 608 Å². The average Bonchev–Trinajstić information content (AvgIpc) is 1.63. The van der Waals surface area contributed by atoms with Crippen molar-refractivity contribution in [2.75, 3.05) is 0 Å². The zero-order valence-corrected chi connectivity index (χ0v) is 57.4. The van der Waals surface area contributed by atoms with Gasteiger partial charge in [0.1, 0.15) is 32.3 Å². The van der Waals surface area contributed by atoms with Gasteiger partial charge in [-0.1, -0.05) is 224 Å². The summed E-state index contributed by atoms with van der Waals surface area (Å²) in [6.45, 7) is 0. The maximum atomic E-state index is 7.19. The number of para-hydroxylation sites is 4. The Morgan fingerprint density at radius 2 is 0.657 bits per heavy atom. The summed E-state index contributed by atoms with van der Waals surface area (Å²) < 4.78 is 18.3. The lowest BCUT2D eigenvalue weighted by Gasteiger charge is -2.13. The maximum Gasteiger partial charge on any atom is 0.238 e. The second-order valence-corrected chi connectivity index (χ2v) is 28.2. The largest absolute Gasteiger partial charge is 0.456 e. The van der Waals surface area contributed by atoms with E-state index >= 15 is 0 Å². The summed E-state index contributed by atoms with van der Waals surface area (Å²) in [4.78, 5) is 42.0. The highest BCUT2D eigenvalue weighted by molar-refractivity contribution is 7.22. The lowest BCUT2D eigenvalue weighted by Crippen LogP contribution is -2.06. The SMILES string of the molecule is c1ccc(-c2nc(-c3cccc(-c4ccc(-c5ccc(-c6nc(-c7ccccc7)nc(-n7c8ccccc8c8ccccc87)n6)c6c5oc5ccc(-c7cccc(-c8nc9ccccc9s8)c7)cc56)cc4)c3)nc(-c3cccc4oc5ccc(-c6cccc(-c7nc8ccccc8s7)c6)cc5c34)n2)cc1. The van der Waals surface area contributed by atoms with Crippen LogP contribution in [-0.4, -0.2) is 44.4 Å². The smallest absolute Gasteiger partial charge is 0.238 e. The molecule has 7 aromatic heterocycles. The predicted octanol–water partition coefficient (Wildman–Crippen LogP) is 24.5. The van der Waals surface area contributed by atoms with E-state index < -0.39 is 0 Å². The molecule has 0 N–H and O–H groups in total. The van der Waals surface area contributed by atoms with Gasteiger partial charge in [-0.15, -0.1) is 22.7 Å². The third kappa shape index (κ3) is 10.5. The fraction of sp³-hybridized carbons (Fsp3) is 0. The van der Waals surface area contributed by atoms with Crippen LogP contribution in [0.2, 0.25) is 0 Å². The van der Waals surface area contributed by atoms with Gasteiger partial charge in [-0.25, -0.2) is 29.9 Å². The molecule has 0 aliphatic rings. The number of fused-ring (bicyclic) bond motifs is 11. The monoisotopic (exact) mass is 1380 g/mol. The van der Waals surface area contributed by atoms with E-state index in [2.05, 4.69) is 241 Å². The molecule has 7 heterocycles. The zero-order valence-electron chi connectivity index (χ0n) is 55.8. The topological polar surface area (TPSA) is 134 Å². The molecular weight excluding hydrogens is 1330 g/mol. The van der Waals surface area contributed by atoms with Gasteiger partial charge in [0.15, 0.2) is 29.1 Å². The Morgan fingerprint density at radius 1 is 0.238 bits per heavy atom. The lowest BCUT2D eigenvalue weighted by atomic mass is 9.95. The molecule has 11 nitrogen and oxygen atoms in total. The van der Waals surface area contributed by atoms with Crippen molar-refractivity contribution in [1.82, 2.24) is 44.4 Å². The Bertz CT molecular complexity index is 6940. The minimum absolute atomic E-state index is 0.510. The molecule has 105 heavy (non-hydrogen) atoms. The average molecular weight is 1380 g/mol. The molecule has 0 aliphatic carbocycles. The van der Waals surface area contributed by atoms with Gasteiger partial charge in [0, 0.05) is 76.8 Å².